The Bertz CT molecular complexity index is 1020. The summed E-state index contributed by atoms with van der Waals surface area (Å²) in [6.45, 7) is 0.493. The fourth-order valence-corrected chi connectivity index (χ4v) is 5.23. The minimum atomic E-state index is -5.99. The zero-order chi connectivity index (χ0) is 22.2. The SMILES string of the molecule is [13CH3][13c]1[13cH][15n]([13C@H]2[13CH2][13C@@H](O)[13C@@H]([13CH2]OP(=O)(O)OP(=O)([O-])OP(=O)([O-])O)O2)[13c](=O)[15nH][13c]1=O.[Li+].[Li+]. The predicted molar refractivity (Wildman–Crippen MR) is 86.0 cm³/mol. The molecule has 3 unspecified atom stereocenters. The van der Waals surface area contributed by atoms with Crippen molar-refractivity contribution in [3.8, 4) is 0 Å². The summed E-state index contributed by atoms with van der Waals surface area (Å²) in [4.78, 5) is 64.4. The van der Waals surface area contributed by atoms with Crippen molar-refractivity contribution in [2.75, 3.05) is 6.61 Å². The third-order valence-electron chi connectivity index (χ3n) is 3.47. The maximum absolute atomic E-state index is 11.8. The van der Waals surface area contributed by atoms with Crippen LogP contribution in [0.3, 0.4) is 0 Å². The van der Waals surface area contributed by atoms with E-state index in [2.05, 4.69) is 13.1 Å². The van der Waals surface area contributed by atoms with Crippen molar-refractivity contribution in [2.45, 2.75) is 31.8 Å². The van der Waals surface area contributed by atoms with E-state index in [0.717, 1.165) is 4.57 Å². The van der Waals surface area contributed by atoms with Crippen molar-refractivity contribution < 1.29 is 94.0 Å². The van der Waals surface area contributed by atoms with Gasteiger partial charge in [0.25, 0.3) is 21.2 Å². The van der Waals surface area contributed by atoms with Gasteiger partial charge in [0.2, 0.25) is 0 Å². The molecule has 21 heteroatoms. The van der Waals surface area contributed by atoms with Crippen LogP contribution in [-0.2, 0) is 31.6 Å². The van der Waals surface area contributed by atoms with Gasteiger partial charge < -0.3 is 29.4 Å². The second-order valence-electron chi connectivity index (χ2n) is 5.75. The van der Waals surface area contributed by atoms with Gasteiger partial charge in [-0.3, -0.25) is 28.0 Å². The molecule has 1 aromatic rings. The van der Waals surface area contributed by atoms with Gasteiger partial charge in [-0.1, -0.05) is 0 Å². The number of aromatic amines is 1. The molecule has 166 valence electrons. The third-order valence-corrected chi connectivity index (χ3v) is 7.19. The largest absolute Gasteiger partial charge is 1.00 e. The molecule has 1 fully saturated rings. The number of phosphoric acid groups is 3. The first kappa shape index (κ1) is 31.2. The first-order valence-corrected chi connectivity index (χ1v) is 11.9. The molecule has 0 aliphatic carbocycles. The molecule has 0 bridgehead atoms. The standard InChI is InChI=1S/C10H17N2O14P3.2Li/c1-5-3-12(10(15)11-9(5)14)8-2-6(13)7(24-8)4-23-28(19,20)26-29(21,22)25-27(16,17)18;;/h3,6-8,13H,2,4H2,1H3,(H,19,20)(H,21,22)(H,11,14,15)(H2,16,17,18);;/q;2*+1/p-2/t6-,7-,8-;;/m1../s1/i1+1,2+1,3+1,4+1,5+1,6+1,7+1,8+1,9+1,10+1,11+1,12+1;;. The quantitative estimate of drug-likeness (QED) is 0.145. The van der Waals surface area contributed by atoms with Crippen LogP contribution in [0.2, 0.25) is 0 Å². The molecule has 6 atom stereocenters. The number of aliphatic hydroxyl groups is 1. The van der Waals surface area contributed by atoms with Crippen molar-refractivity contribution in [3.63, 3.8) is 0 Å². The van der Waals surface area contributed by atoms with Gasteiger partial charge in [-0.05, 0) is 6.92 Å². The summed E-state index contributed by atoms with van der Waals surface area (Å²) in [7, 11) is -17.3. The smallest absolute Gasteiger partial charge is 0.756 e. The molecule has 1 aromatic heterocycles. The zero-order valence-corrected chi connectivity index (χ0v) is 19.0. The molecule has 2 rings (SSSR count). The normalized spacial score (nSPS) is 26.6. The molecule has 0 aromatic carbocycles. The van der Waals surface area contributed by atoms with Gasteiger partial charge in [0, 0.05) is 18.2 Å². The number of rotatable bonds is 8. The first-order chi connectivity index (χ1) is 13.1. The van der Waals surface area contributed by atoms with Gasteiger partial charge in [-0.25, -0.2) is 18.0 Å². The Balaban J connectivity index is 0.00000450. The van der Waals surface area contributed by atoms with Crippen LogP contribution in [0, 0.1) is 6.92 Å². The van der Waals surface area contributed by atoms with E-state index < -0.39 is 59.8 Å². The van der Waals surface area contributed by atoms with E-state index in [1.807, 2.05) is 4.98 Å². The van der Waals surface area contributed by atoms with Crippen molar-refractivity contribution in [2.24, 2.45) is 0 Å². The second kappa shape index (κ2) is 11.6. The topological polar surface area (TPSA) is 250 Å². The summed E-state index contributed by atoms with van der Waals surface area (Å²) in [5.41, 5.74) is -1.30. The Morgan fingerprint density at radius 2 is 1.81 bits per heavy atom. The minimum Gasteiger partial charge on any atom is -0.756 e. The summed E-state index contributed by atoms with van der Waals surface area (Å²) >= 11 is 0. The van der Waals surface area contributed by atoms with Crippen LogP contribution < -0.4 is 58.8 Å². The number of aliphatic hydroxyl groups excluding tert-OH is 1. The van der Waals surface area contributed by atoms with Gasteiger partial charge in [-0.2, -0.15) is 0 Å². The maximum atomic E-state index is 11.8. The summed E-state index contributed by atoms with van der Waals surface area (Å²) in [5, 5.41) is 9.96. The number of nitrogens with zero attached hydrogens (tertiary/aromatic N) is 1. The van der Waals surface area contributed by atoms with Gasteiger partial charge in [-0.15, -0.1) is 0 Å². The average Bonchev–Trinajstić information content (AvgIpc) is 2.86. The molecule has 4 N–H and O–H groups in total. The molecule has 2 heterocycles. The van der Waals surface area contributed by atoms with Crippen molar-refractivity contribution in [1.82, 2.24) is 9.55 Å². The van der Waals surface area contributed by atoms with Crippen LogP contribution >= 0.6 is 23.5 Å². The van der Waals surface area contributed by atoms with E-state index in [0.29, 0.717) is 0 Å². The molecular weight excluding hydrogens is 491 g/mol. The first-order valence-electron chi connectivity index (χ1n) is 7.49. The van der Waals surface area contributed by atoms with Gasteiger partial charge in [0.05, 0.1) is 12.7 Å². The number of phosphoric ester groups is 1. The Labute approximate surface area is 197 Å². The molecule has 1 aliphatic heterocycles. The Hall–Kier alpha value is 0.205. The summed E-state index contributed by atoms with van der Waals surface area (Å²) in [6, 6.07) is 0. The molecule has 1 saturated heterocycles. The Morgan fingerprint density at radius 3 is 2.35 bits per heavy atom. The van der Waals surface area contributed by atoms with Gasteiger partial charge in [0.15, 0.2) is 0 Å². The molecule has 0 amide bonds. The van der Waals surface area contributed by atoms with Crippen LogP contribution in [0.5, 0.6) is 0 Å². The van der Waals surface area contributed by atoms with Crippen molar-refractivity contribution in [1.29, 1.82) is 0 Å². The van der Waals surface area contributed by atoms with Crippen LogP contribution in [0.25, 0.3) is 0 Å². The molecule has 0 radical (unpaired) electrons. The van der Waals surface area contributed by atoms with Crippen LogP contribution in [0.1, 0.15) is 18.2 Å². The van der Waals surface area contributed by atoms with Crippen molar-refractivity contribution in [3.05, 3.63) is 32.6 Å². The van der Waals surface area contributed by atoms with Crippen LogP contribution in [-0.4, -0.2) is 43.3 Å². The number of nitrogens with one attached hydrogen (secondary N) is 1. The zero-order valence-electron chi connectivity index (χ0n) is 16.3. The fourth-order valence-electron chi connectivity index (χ4n) is 2.29. The number of hydrogen-bond donors (Lipinski definition) is 4. The van der Waals surface area contributed by atoms with Crippen molar-refractivity contribution >= 4 is 23.5 Å². The second-order valence-corrected chi connectivity index (χ2v) is 10.1. The minimum absolute atomic E-state index is 0. The Kier molecular flexibility index (Phi) is 11.6. The van der Waals surface area contributed by atoms with E-state index in [9.17, 15) is 43.1 Å². The molecule has 16 nitrogen and oxygen atoms in total. The summed E-state index contributed by atoms with van der Waals surface area (Å²) in [6.07, 6.45) is -2.78. The predicted octanol–water partition coefficient (Wildman–Crippen LogP) is -8.42. The molecule has 1 aliphatic rings. The number of ether oxygens (including phenoxy) is 1. The van der Waals surface area contributed by atoms with Gasteiger partial charge >= 0.3 is 51.2 Å². The number of H-pyrrole nitrogens is 1. The molecule has 0 saturated carbocycles. The van der Waals surface area contributed by atoms with E-state index in [4.69, 9.17) is 9.63 Å². The van der Waals surface area contributed by atoms with Crippen LogP contribution in [0.15, 0.2) is 15.8 Å². The van der Waals surface area contributed by atoms with Crippen LogP contribution in [0.4, 0.5) is 0 Å². The summed E-state index contributed by atoms with van der Waals surface area (Å²) < 4.78 is 50.4. The molecule has 31 heavy (non-hydrogen) atoms. The number of aromatic nitrogens is 2. The third kappa shape index (κ3) is 9.53. The number of aryl methyl sites for hydroxylation is 1. The summed E-state index contributed by atoms with van der Waals surface area (Å²) in [5.74, 6) is 0. The fraction of sp³-hybridized carbons (Fsp3) is 0.600. The maximum Gasteiger partial charge on any atom is 1.00 e. The van der Waals surface area contributed by atoms with E-state index in [1.165, 1.54) is 13.1 Å². The van der Waals surface area contributed by atoms with E-state index >= 15 is 0 Å². The van der Waals surface area contributed by atoms with E-state index in [-0.39, 0.29) is 49.7 Å². The number of hydrogen-bond acceptors (Lipinski definition) is 12. The molecule has 0 spiro atoms. The van der Waals surface area contributed by atoms with E-state index in [1.54, 1.807) is 0 Å². The average molecular weight is 506 g/mol. The molecular formula is C10H15Li2N2O14P3. The monoisotopic (exact) mass is 506 g/mol. The Morgan fingerprint density at radius 1 is 1.23 bits per heavy atom. The van der Waals surface area contributed by atoms with Gasteiger partial charge in [0.1, 0.15) is 12.3 Å².